The second-order valence-corrected chi connectivity index (χ2v) is 5.29. The van der Waals surface area contributed by atoms with Crippen LogP contribution in [0.3, 0.4) is 0 Å². The Morgan fingerprint density at radius 2 is 1.83 bits per heavy atom. The van der Waals surface area contributed by atoms with Crippen LogP contribution in [0.15, 0.2) is 40.9 Å². The van der Waals surface area contributed by atoms with Crippen LogP contribution in [0.5, 0.6) is 0 Å². The lowest BCUT2D eigenvalue weighted by Gasteiger charge is -2.03. The highest BCUT2D eigenvalue weighted by Crippen LogP contribution is 2.19. The molecule has 0 saturated carbocycles. The predicted octanol–water partition coefficient (Wildman–Crippen LogP) is 3.85. The van der Waals surface area contributed by atoms with Crippen molar-refractivity contribution in [3.63, 3.8) is 0 Å². The lowest BCUT2D eigenvalue weighted by Crippen LogP contribution is -2.06. The number of aryl methyl sites for hydroxylation is 1. The zero-order valence-electron chi connectivity index (χ0n) is 11.9. The Morgan fingerprint density at radius 1 is 1.17 bits per heavy atom. The molecule has 0 aliphatic heterocycles. The van der Waals surface area contributed by atoms with E-state index in [-0.39, 0.29) is 11.1 Å². The first-order valence-electron chi connectivity index (χ1n) is 6.34. The van der Waals surface area contributed by atoms with Gasteiger partial charge in [0.25, 0.3) is 5.95 Å². The minimum Gasteiger partial charge on any atom is -0.506 e. The lowest BCUT2D eigenvalue weighted by molar-refractivity contribution is -0.132. The van der Waals surface area contributed by atoms with Crippen LogP contribution in [0.25, 0.3) is 5.76 Å². The molecule has 0 aliphatic carbocycles. The number of rotatable bonds is 4. The molecule has 0 atom stereocenters. The number of carboxylic acids is 1. The molecule has 2 aromatic rings. The molecule has 0 saturated heterocycles. The minimum atomic E-state index is -1.35. The molecule has 8 heteroatoms. The first-order chi connectivity index (χ1) is 10.9. The lowest BCUT2D eigenvalue weighted by atomic mass is 10.1. The van der Waals surface area contributed by atoms with Gasteiger partial charge in [-0.2, -0.15) is 4.98 Å². The molecule has 0 unspecified atom stereocenters. The van der Waals surface area contributed by atoms with Gasteiger partial charge in [-0.1, -0.05) is 23.2 Å². The number of hydrogen-bond acceptors (Lipinski definition) is 5. The first-order valence-corrected chi connectivity index (χ1v) is 7.10. The Hall–Kier alpha value is -2.44. The quantitative estimate of drug-likeness (QED) is 0.377. The van der Waals surface area contributed by atoms with Crippen molar-refractivity contribution in [3.8, 4) is 0 Å². The van der Waals surface area contributed by atoms with E-state index in [4.69, 9.17) is 23.2 Å². The van der Waals surface area contributed by atoms with E-state index < -0.39 is 17.3 Å². The summed E-state index contributed by atoms with van der Waals surface area (Å²) in [5.74, 6) is -1.80. The van der Waals surface area contributed by atoms with Crippen molar-refractivity contribution >= 4 is 47.1 Å². The maximum absolute atomic E-state index is 11.3. The molecular formula is C15H11Cl2N3O3. The van der Waals surface area contributed by atoms with Crippen LogP contribution in [0.1, 0.15) is 11.3 Å². The number of aromatic nitrogens is 2. The number of hydrogen-bond donors (Lipinski definition) is 2. The summed E-state index contributed by atoms with van der Waals surface area (Å²) in [6, 6.07) is 7.60. The molecule has 0 amide bonds. The zero-order chi connectivity index (χ0) is 17.0. The monoisotopic (exact) mass is 351 g/mol. The Bertz CT molecular complexity index is 782. The smallest absolute Gasteiger partial charge is 0.341 e. The molecule has 0 aliphatic rings. The average Bonchev–Trinajstić information content (AvgIpc) is 2.46. The van der Waals surface area contributed by atoms with Gasteiger partial charge in [0.2, 0.25) is 0 Å². The number of aliphatic hydroxyl groups excluding tert-OH is 1. The number of nitrogens with zero attached hydrogens (tertiary/aromatic N) is 3. The number of aliphatic imine (C=N–C) groups is 1. The molecule has 23 heavy (non-hydrogen) atoms. The third-order valence-electron chi connectivity index (χ3n) is 2.72. The molecule has 1 aromatic heterocycles. The molecule has 118 valence electrons. The van der Waals surface area contributed by atoms with Gasteiger partial charge in [-0.05, 0) is 37.3 Å². The summed E-state index contributed by atoms with van der Waals surface area (Å²) in [5.41, 5.74) is 0.468. The highest BCUT2D eigenvalue weighted by molar-refractivity contribution is 6.30. The third kappa shape index (κ3) is 4.51. The fraction of sp³-hybridized carbons (Fsp3) is 0.0667. The Labute approximate surface area is 141 Å². The van der Waals surface area contributed by atoms with Crippen LogP contribution in [0, 0.1) is 6.92 Å². The van der Waals surface area contributed by atoms with Crippen LogP contribution in [-0.4, -0.2) is 32.4 Å². The Balaban J connectivity index is 2.41. The maximum atomic E-state index is 11.3. The summed E-state index contributed by atoms with van der Waals surface area (Å²) in [5, 5.41) is 20.0. The van der Waals surface area contributed by atoms with Crippen LogP contribution in [0.2, 0.25) is 10.2 Å². The van der Waals surface area contributed by atoms with Gasteiger partial charge in [0, 0.05) is 22.5 Å². The predicted molar refractivity (Wildman–Crippen MR) is 88.6 cm³/mol. The van der Waals surface area contributed by atoms with E-state index in [1.54, 1.807) is 13.0 Å². The molecule has 1 aromatic carbocycles. The highest BCUT2D eigenvalue weighted by Gasteiger charge is 2.14. The van der Waals surface area contributed by atoms with Gasteiger partial charge in [0.05, 0.1) is 0 Å². The van der Waals surface area contributed by atoms with Crippen LogP contribution in [0.4, 0.5) is 5.95 Å². The largest absolute Gasteiger partial charge is 0.506 e. The fourth-order valence-corrected chi connectivity index (χ4v) is 2.04. The molecule has 2 N–H and O–H groups in total. The van der Waals surface area contributed by atoms with Crippen molar-refractivity contribution in [2.75, 3.05) is 0 Å². The van der Waals surface area contributed by atoms with Gasteiger partial charge in [-0.15, -0.1) is 0 Å². The van der Waals surface area contributed by atoms with Gasteiger partial charge in [-0.25, -0.2) is 14.8 Å². The van der Waals surface area contributed by atoms with Gasteiger partial charge >= 0.3 is 5.97 Å². The van der Waals surface area contributed by atoms with Crippen LogP contribution >= 0.6 is 23.2 Å². The van der Waals surface area contributed by atoms with E-state index in [1.165, 1.54) is 24.3 Å². The second-order valence-electron chi connectivity index (χ2n) is 4.46. The Kier molecular flexibility index (Phi) is 5.31. The summed E-state index contributed by atoms with van der Waals surface area (Å²) in [4.78, 5) is 23.0. The van der Waals surface area contributed by atoms with E-state index in [0.717, 1.165) is 6.21 Å². The minimum absolute atomic E-state index is 0.00217. The average molecular weight is 352 g/mol. The van der Waals surface area contributed by atoms with E-state index in [2.05, 4.69) is 15.0 Å². The fourth-order valence-electron chi connectivity index (χ4n) is 1.68. The number of carboxylic acid groups (broad SMARTS) is 1. The van der Waals surface area contributed by atoms with Crippen molar-refractivity contribution in [3.05, 3.63) is 57.3 Å². The normalized spacial score (nSPS) is 12.3. The number of halogens is 2. The molecule has 0 bridgehead atoms. The first kappa shape index (κ1) is 16.9. The van der Waals surface area contributed by atoms with Crippen molar-refractivity contribution in [2.45, 2.75) is 6.92 Å². The molecule has 2 rings (SSSR count). The van der Waals surface area contributed by atoms with Crippen molar-refractivity contribution in [2.24, 2.45) is 4.99 Å². The maximum Gasteiger partial charge on any atom is 0.341 e. The summed E-state index contributed by atoms with van der Waals surface area (Å²) in [7, 11) is 0. The summed E-state index contributed by atoms with van der Waals surface area (Å²) >= 11 is 11.5. The van der Waals surface area contributed by atoms with Crippen molar-refractivity contribution in [1.29, 1.82) is 0 Å². The molecule has 1 heterocycles. The molecule has 0 fully saturated rings. The van der Waals surface area contributed by atoms with Crippen molar-refractivity contribution < 1.29 is 15.0 Å². The van der Waals surface area contributed by atoms with Crippen molar-refractivity contribution in [1.82, 2.24) is 9.97 Å². The van der Waals surface area contributed by atoms with Gasteiger partial charge < -0.3 is 10.2 Å². The standard InChI is InChI=1S/C15H11Cl2N3O3/c1-8-6-12(17)20-15(19-8)18-7-11(14(22)23)13(21)9-2-4-10(16)5-3-9/h2-7,21H,1H3,(H,22,23)/b13-11+,18-7+. The molecule has 6 nitrogen and oxygen atoms in total. The van der Waals surface area contributed by atoms with E-state index in [1.807, 2.05) is 0 Å². The molecule has 0 radical (unpaired) electrons. The van der Waals surface area contributed by atoms with Gasteiger partial charge in [0.1, 0.15) is 16.5 Å². The molecule has 0 spiro atoms. The number of benzene rings is 1. The molecular weight excluding hydrogens is 341 g/mol. The van der Waals surface area contributed by atoms with E-state index in [9.17, 15) is 15.0 Å². The number of carbonyl (C=O) groups is 1. The summed E-state index contributed by atoms with van der Waals surface area (Å²) in [6.07, 6.45) is 0.970. The topological polar surface area (TPSA) is 95.7 Å². The number of aliphatic carboxylic acids is 1. The zero-order valence-corrected chi connectivity index (χ0v) is 13.4. The van der Waals surface area contributed by atoms with Gasteiger partial charge in [-0.3, -0.25) is 0 Å². The highest BCUT2D eigenvalue weighted by atomic mass is 35.5. The third-order valence-corrected chi connectivity index (χ3v) is 3.17. The second kappa shape index (κ2) is 7.21. The van der Waals surface area contributed by atoms with Crippen LogP contribution in [-0.2, 0) is 4.79 Å². The Morgan fingerprint density at radius 3 is 2.39 bits per heavy atom. The van der Waals surface area contributed by atoms with E-state index in [0.29, 0.717) is 16.3 Å². The SMILES string of the molecule is Cc1cc(Cl)nc(/N=C/C(C(=O)O)=C(\O)c2ccc(Cl)cc2)n1. The summed E-state index contributed by atoms with van der Waals surface area (Å²) < 4.78 is 0. The summed E-state index contributed by atoms with van der Waals surface area (Å²) in [6.45, 7) is 1.70. The van der Waals surface area contributed by atoms with E-state index >= 15 is 0 Å². The number of aliphatic hydroxyl groups is 1. The van der Waals surface area contributed by atoms with Gasteiger partial charge in [0.15, 0.2) is 0 Å². The van der Waals surface area contributed by atoms with Crippen LogP contribution < -0.4 is 0 Å².